The van der Waals surface area contributed by atoms with Crippen molar-refractivity contribution in [2.75, 3.05) is 13.7 Å². The average Bonchev–Trinajstić information content (AvgIpc) is 2.51. The van der Waals surface area contributed by atoms with Crippen LogP contribution in [-0.2, 0) is 9.47 Å². The molecular formula is C13H17NO8. The Hall–Kier alpha value is -1.78. The number of nitro groups is 1. The van der Waals surface area contributed by atoms with Crippen LogP contribution in [0.2, 0.25) is 0 Å². The van der Waals surface area contributed by atoms with E-state index in [1.165, 1.54) is 31.4 Å². The molecule has 9 heteroatoms. The van der Waals surface area contributed by atoms with Crippen LogP contribution in [-0.4, -0.2) is 64.7 Å². The van der Waals surface area contributed by atoms with Crippen molar-refractivity contribution in [1.29, 1.82) is 0 Å². The zero-order valence-corrected chi connectivity index (χ0v) is 11.7. The molecule has 1 aliphatic heterocycles. The highest BCUT2D eigenvalue weighted by Crippen LogP contribution is 2.26. The number of hydrogen-bond donors (Lipinski definition) is 3. The van der Waals surface area contributed by atoms with Crippen LogP contribution >= 0.6 is 0 Å². The van der Waals surface area contributed by atoms with Crippen molar-refractivity contribution in [3.63, 3.8) is 0 Å². The highest BCUT2D eigenvalue weighted by Gasteiger charge is 2.45. The summed E-state index contributed by atoms with van der Waals surface area (Å²) in [5.41, 5.74) is -0.101. The molecule has 1 aromatic rings. The molecule has 0 bridgehead atoms. The van der Waals surface area contributed by atoms with Crippen LogP contribution in [0.3, 0.4) is 0 Å². The van der Waals surface area contributed by atoms with Crippen LogP contribution in [0.4, 0.5) is 5.69 Å². The summed E-state index contributed by atoms with van der Waals surface area (Å²) in [5, 5.41) is 39.7. The molecule has 2 rings (SSSR count). The lowest BCUT2D eigenvalue weighted by molar-refractivity contribution is -0.384. The maximum atomic E-state index is 10.6. The van der Waals surface area contributed by atoms with E-state index in [1.807, 2.05) is 0 Å². The van der Waals surface area contributed by atoms with Crippen molar-refractivity contribution in [1.82, 2.24) is 0 Å². The van der Waals surface area contributed by atoms with Gasteiger partial charge in [-0.3, -0.25) is 10.1 Å². The molecule has 122 valence electrons. The normalized spacial score (nSPS) is 31.7. The summed E-state index contributed by atoms with van der Waals surface area (Å²) in [6.07, 6.45) is -5.66. The predicted molar refractivity (Wildman–Crippen MR) is 72.3 cm³/mol. The molecule has 1 heterocycles. The van der Waals surface area contributed by atoms with Gasteiger partial charge >= 0.3 is 0 Å². The molecule has 0 amide bonds. The first-order valence-corrected chi connectivity index (χ1v) is 6.54. The van der Waals surface area contributed by atoms with Crippen LogP contribution in [0, 0.1) is 10.1 Å². The van der Waals surface area contributed by atoms with Gasteiger partial charge in [-0.1, -0.05) is 0 Å². The number of non-ortho nitro benzene ring substituents is 1. The molecule has 0 spiro atoms. The number of nitro benzene ring substituents is 1. The number of rotatable bonds is 5. The summed E-state index contributed by atoms with van der Waals surface area (Å²) < 4.78 is 15.7. The van der Waals surface area contributed by atoms with Gasteiger partial charge in [0.25, 0.3) is 5.69 Å². The fourth-order valence-electron chi connectivity index (χ4n) is 2.21. The zero-order chi connectivity index (χ0) is 16.3. The van der Waals surface area contributed by atoms with E-state index < -0.39 is 42.2 Å². The quantitative estimate of drug-likeness (QED) is 0.486. The molecular weight excluding hydrogens is 298 g/mol. The molecule has 1 aromatic carbocycles. The minimum absolute atomic E-state index is 0.101. The van der Waals surface area contributed by atoms with Gasteiger partial charge in [0.1, 0.15) is 30.2 Å². The van der Waals surface area contributed by atoms with E-state index in [0.29, 0.717) is 0 Å². The second kappa shape index (κ2) is 6.99. The van der Waals surface area contributed by atoms with Crippen LogP contribution in [0.25, 0.3) is 0 Å². The van der Waals surface area contributed by atoms with Gasteiger partial charge in [-0.2, -0.15) is 0 Å². The number of methoxy groups -OCH3 is 1. The molecule has 0 unspecified atom stereocenters. The largest absolute Gasteiger partial charge is 0.462 e. The number of nitrogens with zero attached hydrogens (tertiary/aromatic N) is 1. The van der Waals surface area contributed by atoms with Crippen LogP contribution < -0.4 is 4.74 Å². The van der Waals surface area contributed by atoms with E-state index in [9.17, 15) is 25.4 Å². The summed E-state index contributed by atoms with van der Waals surface area (Å²) >= 11 is 0. The Balaban J connectivity index is 2.11. The van der Waals surface area contributed by atoms with E-state index in [2.05, 4.69) is 0 Å². The van der Waals surface area contributed by atoms with E-state index in [-0.39, 0.29) is 11.4 Å². The third-order valence-electron chi connectivity index (χ3n) is 3.39. The van der Waals surface area contributed by atoms with Crippen molar-refractivity contribution in [3.8, 4) is 5.75 Å². The molecule has 0 saturated carbocycles. The fraction of sp³-hybridized carbons (Fsp3) is 0.538. The third-order valence-corrected chi connectivity index (χ3v) is 3.39. The van der Waals surface area contributed by atoms with Gasteiger partial charge in [0.2, 0.25) is 6.29 Å². The molecule has 3 N–H and O–H groups in total. The van der Waals surface area contributed by atoms with E-state index in [0.717, 1.165) is 0 Å². The summed E-state index contributed by atoms with van der Waals surface area (Å²) in [4.78, 5) is 10.0. The van der Waals surface area contributed by atoms with Gasteiger partial charge in [-0.25, -0.2) is 0 Å². The monoisotopic (exact) mass is 315 g/mol. The highest BCUT2D eigenvalue weighted by molar-refractivity contribution is 5.36. The summed E-state index contributed by atoms with van der Waals surface area (Å²) in [7, 11) is 1.31. The Morgan fingerprint density at radius 2 is 1.91 bits per heavy atom. The molecule has 0 aromatic heterocycles. The Bertz CT molecular complexity index is 507. The Morgan fingerprint density at radius 1 is 1.27 bits per heavy atom. The molecule has 1 aliphatic rings. The number of hydrogen-bond acceptors (Lipinski definition) is 8. The van der Waals surface area contributed by atoms with Crippen molar-refractivity contribution in [2.24, 2.45) is 0 Å². The fourth-order valence-corrected chi connectivity index (χ4v) is 2.21. The Morgan fingerprint density at radius 3 is 2.41 bits per heavy atom. The standard InChI is InChI=1S/C13H17NO8/c1-20-12-10(16)9(6-15)22-13(11(12)17)21-8-4-2-7(3-5-8)14(18)19/h2-5,9-13,15-17H,6H2,1H3/t9-,10-,11+,12+,13+/m1/s1. The first kappa shape index (κ1) is 16.6. The first-order valence-electron chi connectivity index (χ1n) is 6.54. The van der Waals surface area contributed by atoms with E-state index in [1.54, 1.807) is 0 Å². The predicted octanol–water partition coefficient (Wildman–Crippen LogP) is -0.572. The third kappa shape index (κ3) is 3.34. The van der Waals surface area contributed by atoms with Crippen molar-refractivity contribution >= 4 is 5.69 Å². The topological polar surface area (TPSA) is 132 Å². The number of aliphatic hydroxyl groups excluding tert-OH is 3. The summed E-state index contributed by atoms with van der Waals surface area (Å²) in [5.74, 6) is 0.234. The number of benzene rings is 1. The molecule has 0 aliphatic carbocycles. The molecule has 1 saturated heterocycles. The van der Waals surface area contributed by atoms with Gasteiger partial charge < -0.3 is 29.5 Å². The minimum Gasteiger partial charge on any atom is -0.462 e. The first-order chi connectivity index (χ1) is 10.5. The number of ether oxygens (including phenoxy) is 3. The molecule has 0 radical (unpaired) electrons. The van der Waals surface area contributed by atoms with Crippen molar-refractivity contribution in [3.05, 3.63) is 34.4 Å². The smallest absolute Gasteiger partial charge is 0.269 e. The molecule has 5 atom stereocenters. The van der Waals surface area contributed by atoms with Crippen LogP contribution in [0.1, 0.15) is 0 Å². The van der Waals surface area contributed by atoms with Gasteiger partial charge in [0, 0.05) is 19.2 Å². The van der Waals surface area contributed by atoms with Crippen molar-refractivity contribution < 1.29 is 34.5 Å². The minimum atomic E-state index is -1.29. The lowest BCUT2D eigenvalue weighted by Gasteiger charge is -2.41. The number of aliphatic hydroxyl groups is 3. The van der Waals surface area contributed by atoms with Gasteiger partial charge in [-0.05, 0) is 12.1 Å². The molecule has 22 heavy (non-hydrogen) atoms. The maximum absolute atomic E-state index is 10.6. The maximum Gasteiger partial charge on any atom is 0.269 e. The molecule has 1 fully saturated rings. The lowest BCUT2D eigenvalue weighted by atomic mass is 9.99. The van der Waals surface area contributed by atoms with E-state index in [4.69, 9.17) is 14.2 Å². The lowest BCUT2D eigenvalue weighted by Crippen LogP contribution is -2.60. The zero-order valence-electron chi connectivity index (χ0n) is 11.7. The summed E-state index contributed by atoms with van der Waals surface area (Å²) in [6.45, 7) is -0.478. The second-order valence-corrected chi connectivity index (χ2v) is 4.78. The summed E-state index contributed by atoms with van der Waals surface area (Å²) in [6, 6.07) is 5.21. The van der Waals surface area contributed by atoms with E-state index >= 15 is 0 Å². The molecule has 9 nitrogen and oxygen atoms in total. The Labute approximate surface area is 125 Å². The Kier molecular flexibility index (Phi) is 5.27. The van der Waals surface area contributed by atoms with Gasteiger partial charge in [0.05, 0.1) is 11.5 Å². The average molecular weight is 315 g/mol. The van der Waals surface area contributed by atoms with Gasteiger partial charge in [-0.15, -0.1) is 0 Å². The highest BCUT2D eigenvalue weighted by atomic mass is 16.7. The SMILES string of the molecule is CO[C@@H]1[C@H](O)[C@@H](Oc2ccc([N+](=O)[O-])cc2)O[C@H](CO)[C@H]1O. The van der Waals surface area contributed by atoms with Crippen LogP contribution in [0.5, 0.6) is 5.75 Å². The second-order valence-electron chi connectivity index (χ2n) is 4.78. The van der Waals surface area contributed by atoms with Gasteiger partial charge in [0.15, 0.2) is 0 Å². The van der Waals surface area contributed by atoms with Crippen LogP contribution in [0.15, 0.2) is 24.3 Å². The van der Waals surface area contributed by atoms with Crippen molar-refractivity contribution in [2.45, 2.75) is 30.7 Å².